The van der Waals surface area contributed by atoms with Crippen molar-refractivity contribution in [2.24, 2.45) is 0 Å². The van der Waals surface area contributed by atoms with Crippen LogP contribution in [-0.4, -0.2) is 12.6 Å². The fourth-order valence-electron chi connectivity index (χ4n) is 2.28. The molecular weight excluding hydrogens is 307 g/mol. The number of hydrogen-bond acceptors (Lipinski definition) is 3. The normalized spacial score (nSPS) is 11.8. The van der Waals surface area contributed by atoms with Crippen LogP contribution in [0, 0.1) is 0 Å². The number of halogens is 1. The largest absolute Gasteiger partial charge is 0.489 e. The maximum Gasteiger partial charge on any atom is 0.306 e. The van der Waals surface area contributed by atoms with E-state index in [4.69, 9.17) is 9.47 Å². The lowest BCUT2D eigenvalue weighted by Gasteiger charge is -2.09. The highest BCUT2D eigenvalue weighted by atomic mass is 19.1. The maximum atomic E-state index is 13.1. The Labute approximate surface area is 142 Å². The molecule has 0 aliphatic heterocycles. The topological polar surface area (TPSA) is 35.5 Å². The predicted octanol–water partition coefficient (Wildman–Crippen LogP) is 4.79. The fraction of sp³-hybridized carbons (Fsp3) is 0.350. The van der Waals surface area contributed by atoms with E-state index in [2.05, 4.69) is 0 Å². The molecule has 4 heteroatoms. The van der Waals surface area contributed by atoms with Gasteiger partial charge in [-0.1, -0.05) is 36.4 Å². The van der Waals surface area contributed by atoms with Crippen molar-refractivity contribution in [3.8, 4) is 5.75 Å². The van der Waals surface area contributed by atoms with Crippen LogP contribution in [0.1, 0.15) is 43.1 Å². The Hall–Kier alpha value is -2.36. The monoisotopic (exact) mass is 330 g/mol. The molecule has 2 aromatic rings. The highest BCUT2D eigenvalue weighted by Gasteiger charge is 2.04. The summed E-state index contributed by atoms with van der Waals surface area (Å²) in [6, 6.07) is 15.0. The number of alkyl halides is 1. The summed E-state index contributed by atoms with van der Waals surface area (Å²) in [4.78, 5) is 11.3. The van der Waals surface area contributed by atoms with E-state index in [0.717, 1.165) is 16.9 Å². The first-order valence-electron chi connectivity index (χ1n) is 8.18. The third-order valence-corrected chi connectivity index (χ3v) is 3.69. The van der Waals surface area contributed by atoms with Crippen LogP contribution >= 0.6 is 0 Å². The molecule has 2 rings (SSSR count). The minimum atomic E-state index is -0.956. The predicted molar refractivity (Wildman–Crippen MR) is 91.7 cm³/mol. The number of rotatable bonds is 8. The van der Waals surface area contributed by atoms with Gasteiger partial charge in [0.25, 0.3) is 0 Å². The number of carbonyl (C=O) groups is 1. The number of ether oxygens (including phenoxy) is 2. The zero-order valence-electron chi connectivity index (χ0n) is 14.1. The lowest BCUT2D eigenvalue weighted by atomic mass is 10.1. The van der Waals surface area contributed by atoms with Crippen molar-refractivity contribution in [3.63, 3.8) is 0 Å². The lowest BCUT2D eigenvalue weighted by Crippen LogP contribution is -2.05. The Morgan fingerprint density at radius 1 is 1.04 bits per heavy atom. The molecule has 128 valence electrons. The van der Waals surface area contributed by atoms with Gasteiger partial charge in [-0.15, -0.1) is 0 Å². The van der Waals surface area contributed by atoms with E-state index < -0.39 is 6.17 Å². The fourth-order valence-corrected chi connectivity index (χ4v) is 2.28. The van der Waals surface area contributed by atoms with E-state index in [1.54, 1.807) is 19.1 Å². The second kappa shape index (κ2) is 9.06. The molecule has 0 amide bonds. The summed E-state index contributed by atoms with van der Waals surface area (Å²) in [5, 5.41) is 0. The Bertz CT molecular complexity index is 633. The van der Waals surface area contributed by atoms with Crippen LogP contribution in [0.4, 0.5) is 4.39 Å². The van der Waals surface area contributed by atoms with Crippen LogP contribution in [0.2, 0.25) is 0 Å². The highest BCUT2D eigenvalue weighted by Crippen LogP contribution is 2.18. The van der Waals surface area contributed by atoms with Gasteiger partial charge >= 0.3 is 5.97 Å². The molecule has 0 unspecified atom stereocenters. The zero-order chi connectivity index (χ0) is 17.4. The number of esters is 1. The number of aryl methyl sites for hydroxylation is 1. The van der Waals surface area contributed by atoms with Crippen molar-refractivity contribution < 1.29 is 18.7 Å². The highest BCUT2D eigenvalue weighted by molar-refractivity contribution is 5.69. The molecule has 0 heterocycles. The number of benzene rings is 2. The van der Waals surface area contributed by atoms with Crippen molar-refractivity contribution in [3.05, 3.63) is 65.2 Å². The van der Waals surface area contributed by atoms with Crippen LogP contribution in [0.3, 0.4) is 0 Å². The first-order valence-corrected chi connectivity index (χ1v) is 8.18. The molecule has 0 saturated carbocycles. The second-order valence-corrected chi connectivity index (χ2v) is 5.60. The van der Waals surface area contributed by atoms with Crippen molar-refractivity contribution in [1.29, 1.82) is 0 Å². The second-order valence-electron chi connectivity index (χ2n) is 5.60. The minimum absolute atomic E-state index is 0.177. The molecule has 2 aromatic carbocycles. The van der Waals surface area contributed by atoms with Gasteiger partial charge in [0, 0.05) is 6.42 Å². The van der Waals surface area contributed by atoms with Gasteiger partial charge in [-0.05, 0) is 49.1 Å². The Morgan fingerprint density at radius 3 is 2.25 bits per heavy atom. The summed E-state index contributed by atoms with van der Waals surface area (Å²) in [5.41, 5.74) is 2.73. The maximum absolute atomic E-state index is 13.1. The van der Waals surface area contributed by atoms with Gasteiger partial charge in [0.15, 0.2) is 0 Å². The first-order chi connectivity index (χ1) is 11.6. The third kappa shape index (κ3) is 5.69. The SMILES string of the molecule is CCOC(=O)CCc1ccc(OCc2ccc([C@H](C)F)cc2)cc1. The van der Waals surface area contributed by atoms with Gasteiger partial charge in [0.05, 0.1) is 6.61 Å². The van der Waals surface area contributed by atoms with Gasteiger partial charge < -0.3 is 9.47 Å². The van der Waals surface area contributed by atoms with Crippen molar-refractivity contribution in [2.75, 3.05) is 6.61 Å². The number of hydrogen-bond donors (Lipinski definition) is 0. The van der Waals surface area contributed by atoms with Gasteiger partial charge in [0.2, 0.25) is 0 Å². The Morgan fingerprint density at radius 2 is 1.67 bits per heavy atom. The molecule has 24 heavy (non-hydrogen) atoms. The average molecular weight is 330 g/mol. The van der Waals surface area contributed by atoms with E-state index in [0.29, 0.717) is 31.6 Å². The van der Waals surface area contributed by atoms with Gasteiger partial charge in [-0.3, -0.25) is 4.79 Å². The van der Waals surface area contributed by atoms with Crippen LogP contribution in [0.15, 0.2) is 48.5 Å². The third-order valence-electron chi connectivity index (χ3n) is 3.69. The summed E-state index contributed by atoms with van der Waals surface area (Å²) in [5.74, 6) is 0.585. The van der Waals surface area contributed by atoms with E-state index in [1.165, 1.54) is 6.92 Å². The van der Waals surface area contributed by atoms with Gasteiger partial charge in [-0.2, -0.15) is 0 Å². The lowest BCUT2D eigenvalue weighted by molar-refractivity contribution is -0.143. The van der Waals surface area contributed by atoms with E-state index in [1.807, 2.05) is 36.4 Å². The van der Waals surface area contributed by atoms with Crippen LogP contribution in [-0.2, 0) is 22.6 Å². The smallest absolute Gasteiger partial charge is 0.306 e. The molecule has 0 aliphatic rings. The molecule has 0 radical (unpaired) electrons. The Kier molecular flexibility index (Phi) is 6.79. The van der Waals surface area contributed by atoms with Crippen molar-refractivity contribution >= 4 is 5.97 Å². The number of carbonyl (C=O) groups excluding carboxylic acids is 1. The summed E-state index contributed by atoms with van der Waals surface area (Å²) >= 11 is 0. The summed E-state index contributed by atoms with van der Waals surface area (Å²) in [6.45, 7) is 4.17. The van der Waals surface area contributed by atoms with Crippen molar-refractivity contribution in [1.82, 2.24) is 0 Å². The van der Waals surface area contributed by atoms with Crippen LogP contribution < -0.4 is 4.74 Å². The van der Waals surface area contributed by atoms with Crippen molar-refractivity contribution in [2.45, 2.75) is 39.5 Å². The van der Waals surface area contributed by atoms with Crippen LogP contribution in [0.25, 0.3) is 0 Å². The van der Waals surface area contributed by atoms with E-state index in [-0.39, 0.29) is 5.97 Å². The molecular formula is C20H23FO3. The quantitative estimate of drug-likeness (QED) is 0.653. The van der Waals surface area contributed by atoms with Crippen LogP contribution in [0.5, 0.6) is 5.75 Å². The molecule has 0 saturated heterocycles. The summed E-state index contributed by atoms with van der Waals surface area (Å²) < 4.78 is 23.8. The molecule has 1 atom stereocenters. The average Bonchev–Trinajstić information content (AvgIpc) is 2.59. The minimum Gasteiger partial charge on any atom is -0.489 e. The summed E-state index contributed by atoms with van der Waals surface area (Å²) in [7, 11) is 0. The first kappa shape index (κ1) is 18.0. The molecule has 0 fully saturated rings. The Balaban J connectivity index is 1.82. The zero-order valence-corrected chi connectivity index (χ0v) is 14.1. The molecule has 0 aliphatic carbocycles. The van der Waals surface area contributed by atoms with E-state index in [9.17, 15) is 9.18 Å². The van der Waals surface area contributed by atoms with Gasteiger partial charge in [-0.25, -0.2) is 4.39 Å². The summed E-state index contributed by atoms with van der Waals surface area (Å²) in [6.07, 6.45) is 0.0807. The molecule has 0 spiro atoms. The molecule has 3 nitrogen and oxygen atoms in total. The molecule has 0 bridgehead atoms. The molecule has 0 N–H and O–H groups in total. The molecule has 0 aromatic heterocycles. The van der Waals surface area contributed by atoms with E-state index >= 15 is 0 Å². The van der Waals surface area contributed by atoms with Gasteiger partial charge in [0.1, 0.15) is 18.5 Å². The standard InChI is InChI=1S/C20H23FO3/c1-3-23-20(22)13-8-16-6-11-19(12-7-16)24-14-17-4-9-18(10-5-17)15(2)21/h4-7,9-12,15H,3,8,13-14H2,1-2H3/t15-/m0/s1.